The zero-order chi connectivity index (χ0) is 21.1. The van der Waals surface area contributed by atoms with Crippen molar-refractivity contribution in [1.82, 2.24) is 5.32 Å². The smallest absolute Gasteiger partial charge is 0.251 e. The van der Waals surface area contributed by atoms with Gasteiger partial charge in [-0.15, -0.1) is 0 Å². The minimum absolute atomic E-state index is 0.0812. The van der Waals surface area contributed by atoms with E-state index in [1.807, 2.05) is 24.3 Å². The van der Waals surface area contributed by atoms with Gasteiger partial charge in [0.2, 0.25) is 5.91 Å². The molecule has 0 bridgehead atoms. The molecule has 156 valence electrons. The van der Waals surface area contributed by atoms with Crippen LogP contribution in [0.2, 0.25) is 0 Å². The second-order valence-electron chi connectivity index (χ2n) is 7.32. The molecule has 6 nitrogen and oxygen atoms in total. The van der Waals surface area contributed by atoms with Crippen LogP contribution >= 0.6 is 0 Å². The topological polar surface area (TPSA) is 79.5 Å². The Bertz CT molecular complexity index is 788. The minimum Gasteiger partial charge on any atom is -0.493 e. The van der Waals surface area contributed by atoms with Crippen molar-refractivity contribution in [3.63, 3.8) is 0 Å². The number of rotatable bonds is 11. The van der Waals surface area contributed by atoms with E-state index in [4.69, 9.17) is 4.74 Å². The summed E-state index contributed by atoms with van der Waals surface area (Å²) in [6.07, 6.45) is 2.01. The summed E-state index contributed by atoms with van der Waals surface area (Å²) in [6, 6.07) is 14.4. The molecule has 2 aromatic carbocycles. The molecule has 0 radical (unpaired) electrons. The highest BCUT2D eigenvalue weighted by Gasteiger charge is 2.06. The van der Waals surface area contributed by atoms with Gasteiger partial charge in [0.1, 0.15) is 5.75 Å². The predicted molar refractivity (Wildman–Crippen MR) is 118 cm³/mol. The maximum absolute atomic E-state index is 12.2. The summed E-state index contributed by atoms with van der Waals surface area (Å²) in [5, 5.41) is 8.80. The molecular weight excluding hydrogens is 366 g/mol. The van der Waals surface area contributed by atoms with Gasteiger partial charge >= 0.3 is 0 Å². The molecule has 0 fully saturated rings. The van der Waals surface area contributed by atoms with E-state index < -0.39 is 0 Å². The maximum atomic E-state index is 12.2. The van der Waals surface area contributed by atoms with Gasteiger partial charge in [-0.1, -0.05) is 33.3 Å². The van der Waals surface area contributed by atoms with Crippen LogP contribution in [0.25, 0.3) is 0 Å². The molecule has 6 heteroatoms. The van der Waals surface area contributed by atoms with Gasteiger partial charge in [0.25, 0.3) is 5.91 Å². The number of hydrogen-bond acceptors (Lipinski definition) is 4. The van der Waals surface area contributed by atoms with E-state index in [-0.39, 0.29) is 18.4 Å². The molecule has 3 N–H and O–H groups in total. The summed E-state index contributed by atoms with van der Waals surface area (Å²) in [4.78, 5) is 24.2. The van der Waals surface area contributed by atoms with Crippen LogP contribution in [0.15, 0.2) is 48.5 Å². The Balaban J connectivity index is 1.80. The summed E-state index contributed by atoms with van der Waals surface area (Å²) >= 11 is 0. The first-order valence-corrected chi connectivity index (χ1v) is 10.1. The van der Waals surface area contributed by atoms with Crippen molar-refractivity contribution >= 4 is 23.2 Å². The number of benzene rings is 2. The number of carbonyl (C=O) groups excluding carboxylic acids is 2. The summed E-state index contributed by atoms with van der Waals surface area (Å²) in [7, 11) is 0. The van der Waals surface area contributed by atoms with Crippen LogP contribution in [0, 0.1) is 5.92 Å². The molecule has 0 aromatic heterocycles. The van der Waals surface area contributed by atoms with Crippen LogP contribution in [-0.4, -0.2) is 31.5 Å². The Morgan fingerprint density at radius 2 is 1.79 bits per heavy atom. The van der Waals surface area contributed by atoms with Crippen molar-refractivity contribution in [1.29, 1.82) is 0 Å². The fourth-order valence-corrected chi connectivity index (χ4v) is 2.53. The molecule has 0 aliphatic carbocycles. The van der Waals surface area contributed by atoms with Crippen molar-refractivity contribution in [3.05, 3.63) is 54.1 Å². The summed E-state index contributed by atoms with van der Waals surface area (Å²) in [6.45, 7) is 7.69. The van der Waals surface area contributed by atoms with Gasteiger partial charge in [-0.25, -0.2) is 0 Å². The van der Waals surface area contributed by atoms with Crippen LogP contribution < -0.4 is 20.7 Å². The van der Waals surface area contributed by atoms with Crippen LogP contribution in [-0.2, 0) is 4.79 Å². The van der Waals surface area contributed by atoms with E-state index in [2.05, 4.69) is 36.7 Å². The van der Waals surface area contributed by atoms with Crippen LogP contribution in [0.4, 0.5) is 11.4 Å². The third-order valence-corrected chi connectivity index (χ3v) is 4.12. The largest absolute Gasteiger partial charge is 0.493 e. The number of amides is 2. The van der Waals surface area contributed by atoms with E-state index in [9.17, 15) is 9.59 Å². The Morgan fingerprint density at radius 1 is 1.03 bits per heavy atom. The lowest BCUT2D eigenvalue weighted by molar-refractivity contribution is -0.114. The fourth-order valence-electron chi connectivity index (χ4n) is 2.53. The standard InChI is InChI=1S/C23H31N3O3/c1-4-5-13-24-23(28)18-9-11-19(12-10-18)25-15-22(27)26-20-7-6-8-21(14-20)29-16-17(2)3/h6-12,14,17,25H,4-5,13,15-16H2,1-3H3,(H,24,28)(H,26,27). The first-order valence-electron chi connectivity index (χ1n) is 10.1. The second kappa shape index (κ2) is 11.7. The summed E-state index contributed by atoms with van der Waals surface area (Å²) < 4.78 is 5.68. The third kappa shape index (κ3) is 8.25. The van der Waals surface area contributed by atoms with Crippen molar-refractivity contribution in [3.8, 4) is 5.75 Å². The molecule has 0 atom stereocenters. The SMILES string of the molecule is CCCCNC(=O)c1ccc(NCC(=O)Nc2cccc(OCC(C)C)c2)cc1. The summed E-state index contributed by atoms with van der Waals surface area (Å²) in [5.41, 5.74) is 2.07. The van der Waals surface area contributed by atoms with Gasteiger partial charge in [0, 0.05) is 29.5 Å². The van der Waals surface area contributed by atoms with Crippen molar-refractivity contribution in [2.75, 3.05) is 30.3 Å². The summed E-state index contributed by atoms with van der Waals surface area (Å²) in [5.74, 6) is 0.929. The molecule has 0 saturated heterocycles. The molecule has 0 heterocycles. The lowest BCUT2D eigenvalue weighted by Crippen LogP contribution is -2.24. The Hall–Kier alpha value is -3.02. The molecule has 0 aliphatic rings. The molecule has 0 spiro atoms. The second-order valence-corrected chi connectivity index (χ2v) is 7.32. The molecule has 29 heavy (non-hydrogen) atoms. The fraction of sp³-hybridized carbons (Fsp3) is 0.391. The number of nitrogens with one attached hydrogen (secondary N) is 3. The van der Waals surface area contributed by atoms with E-state index in [1.54, 1.807) is 24.3 Å². The van der Waals surface area contributed by atoms with Crippen LogP contribution in [0.5, 0.6) is 5.75 Å². The molecule has 0 aliphatic heterocycles. The highest BCUT2D eigenvalue weighted by molar-refractivity contribution is 5.95. The molecule has 2 rings (SSSR count). The van der Waals surface area contributed by atoms with Crippen LogP contribution in [0.3, 0.4) is 0 Å². The van der Waals surface area contributed by atoms with Gasteiger partial charge < -0.3 is 20.7 Å². The Labute approximate surface area is 173 Å². The first kappa shape index (κ1) is 22.3. The quantitative estimate of drug-likeness (QED) is 0.494. The number of carbonyl (C=O) groups is 2. The van der Waals surface area contributed by atoms with Gasteiger partial charge in [-0.3, -0.25) is 9.59 Å². The lowest BCUT2D eigenvalue weighted by Gasteiger charge is -2.11. The van der Waals surface area contributed by atoms with Crippen LogP contribution in [0.1, 0.15) is 44.0 Å². The average molecular weight is 398 g/mol. The minimum atomic E-state index is -0.160. The van der Waals surface area contributed by atoms with Gasteiger partial charge in [-0.2, -0.15) is 0 Å². The number of ether oxygens (including phenoxy) is 1. The monoisotopic (exact) mass is 397 g/mol. The lowest BCUT2D eigenvalue weighted by atomic mass is 10.2. The van der Waals surface area contributed by atoms with Gasteiger partial charge in [0.15, 0.2) is 0 Å². The van der Waals surface area contributed by atoms with E-state index >= 15 is 0 Å². The molecule has 2 amide bonds. The number of anilines is 2. The normalized spacial score (nSPS) is 10.5. The third-order valence-electron chi connectivity index (χ3n) is 4.12. The average Bonchev–Trinajstić information content (AvgIpc) is 2.71. The van der Waals surface area contributed by atoms with Gasteiger partial charge in [0.05, 0.1) is 13.2 Å². The van der Waals surface area contributed by atoms with Crippen molar-refractivity contribution < 1.29 is 14.3 Å². The first-order chi connectivity index (χ1) is 14.0. The van der Waals surface area contributed by atoms with Crippen molar-refractivity contribution in [2.24, 2.45) is 5.92 Å². The predicted octanol–water partition coefficient (Wildman–Crippen LogP) is 4.30. The zero-order valence-corrected chi connectivity index (χ0v) is 17.5. The molecule has 2 aromatic rings. The highest BCUT2D eigenvalue weighted by Crippen LogP contribution is 2.18. The van der Waals surface area contributed by atoms with Crippen molar-refractivity contribution in [2.45, 2.75) is 33.6 Å². The van der Waals surface area contributed by atoms with E-state index in [0.29, 0.717) is 30.3 Å². The Kier molecular flexibility index (Phi) is 9.02. The van der Waals surface area contributed by atoms with E-state index in [0.717, 1.165) is 24.3 Å². The molecule has 0 saturated carbocycles. The van der Waals surface area contributed by atoms with E-state index in [1.165, 1.54) is 0 Å². The Morgan fingerprint density at radius 3 is 2.48 bits per heavy atom. The highest BCUT2D eigenvalue weighted by atomic mass is 16.5. The zero-order valence-electron chi connectivity index (χ0n) is 17.5. The number of hydrogen-bond donors (Lipinski definition) is 3. The number of unbranched alkanes of at least 4 members (excludes halogenated alkanes) is 1. The maximum Gasteiger partial charge on any atom is 0.251 e. The molecular formula is C23H31N3O3. The van der Waals surface area contributed by atoms with Gasteiger partial charge in [-0.05, 0) is 48.7 Å². The molecule has 0 unspecified atom stereocenters.